The average Bonchev–Trinajstić information content (AvgIpc) is 2.47. The normalized spacial score (nSPS) is 13.2. The van der Waals surface area contributed by atoms with Gasteiger partial charge in [-0.3, -0.25) is 0 Å². The highest BCUT2D eigenvalue weighted by molar-refractivity contribution is 7.89. The third-order valence-corrected chi connectivity index (χ3v) is 4.81. The van der Waals surface area contributed by atoms with Crippen LogP contribution in [0.2, 0.25) is 0 Å². The topological polar surface area (TPSA) is 55.4 Å². The van der Waals surface area contributed by atoms with Gasteiger partial charge >= 0.3 is 0 Å². The first-order chi connectivity index (χ1) is 9.53. The van der Waals surface area contributed by atoms with E-state index in [9.17, 15) is 8.42 Å². The van der Waals surface area contributed by atoms with Crippen LogP contribution in [0.5, 0.6) is 5.75 Å². The Labute approximate surface area is 122 Å². The maximum atomic E-state index is 12.2. The van der Waals surface area contributed by atoms with Gasteiger partial charge in [0.25, 0.3) is 0 Å². The molecule has 20 heavy (non-hydrogen) atoms. The second-order valence-corrected chi connectivity index (χ2v) is 6.63. The summed E-state index contributed by atoms with van der Waals surface area (Å²) < 4.78 is 32.0. The molecule has 0 saturated heterocycles. The molecule has 1 aromatic carbocycles. The van der Waals surface area contributed by atoms with Crippen molar-refractivity contribution in [2.75, 3.05) is 13.7 Å². The monoisotopic (exact) mass is 298 g/mol. The number of ether oxygens (including phenoxy) is 1. The summed E-state index contributed by atoms with van der Waals surface area (Å²) in [6.07, 6.45) is 4.31. The van der Waals surface area contributed by atoms with Crippen LogP contribution in [0.1, 0.15) is 39.5 Å². The van der Waals surface area contributed by atoms with Crippen LogP contribution in [0.25, 0.3) is 0 Å². The molecule has 0 aliphatic heterocycles. The molecule has 1 N–H and O–H groups in total. The molecule has 0 heterocycles. The summed E-state index contributed by atoms with van der Waals surface area (Å²) in [5, 5.41) is 0. The molecular formula is C15H24NO3S. The SMILES string of the molecule is CCCCC(CC)CNS(=O)(=O)c1c[c]c(OC)cc1. The van der Waals surface area contributed by atoms with Crippen LogP contribution in [-0.4, -0.2) is 22.1 Å². The summed E-state index contributed by atoms with van der Waals surface area (Å²) in [5.74, 6) is 0.922. The summed E-state index contributed by atoms with van der Waals surface area (Å²) in [4.78, 5) is 0.226. The first kappa shape index (κ1) is 17.0. The van der Waals surface area contributed by atoms with Crippen LogP contribution in [-0.2, 0) is 10.0 Å². The Hall–Kier alpha value is -1.07. The van der Waals surface area contributed by atoms with Crippen LogP contribution in [0, 0.1) is 12.0 Å². The molecule has 0 aliphatic carbocycles. The lowest BCUT2D eigenvalue weighted by atomic mass is 10.00. The van der Waals surface area contributed by atoms with Gasteiger partial charge in [0.1, 0.15) is 5.75 Å². The van der Waals surface area contributed by atoms with E-state index in [1.807, 2.05) is 0 Å². The number of hydrogen-bond donors (Lipinski definition) is 1. The minimum Gasteiger partial charge on any atom is -0.496 e. The predicted octanol–water partition coefficient (Wildman–Crippen LogP) is 2.99. The minimum atomic E-state index is -3.45. The Bertz CT molecular complexity index is 482. The van der Waals surface area contributed by atoms with Crippen LogP contribution >= 0.6 is 0 Å². The van der Waals surface area contributed by atoms with E-state index in [1.54, 1.807) is 6.07 Å². The predicted molar refractivity (Wildman–Crippen MR) is 80.3 cm³/mol. The molecule has 0 aromatic heterocycles. The van der Waals surface area contributed by atoms with Crippen molar-refractivity contribution in [1.82, 2.24) is 4.72 Å². The quantitative estimate of drug-likeness (QED) is 0.762. The van der Waals surface area contributed by atoms with Crippen molar-refractivity contribution in [1.29, 1.82) is 0 Å². The van der Waals surface area contributed by atoms with Crippen molar-refractivity contribution < 1.29 is 13.2 Å². The molecule has 4 nitrogen and oxygen atoms in total. The fourth-order valence-corrected chi connectivity index (χ4v) is 3.03. The lowest BCUT2D eigenvalue weighted by molar-refractivity contribution is 0.413. The number of hydrogen-bond acceptors (Lipinski definition) is 3. The molecule has 0 saturated carbocycles. The Morgan fingerprint density at radius 1 is 1.35 bits per heavy atom. The Morgan fingerprint density at radius 3 is 2.60 bits per heavy atom. The average molecular weight is 298 g/mol. The molecule has 0 amide bonds. The molecule has 0 fully saturated rings. The van der Waals surface area contributed by atoms with Gasteiger partial charge in [0.05, 0.1) is 12.0 Å². The van der Waals surface area contributed by atoms with Crippen molar-refractivity contribution in [3.8, 4) is 5.75 Å². The van der Waals surface area contributed by atoms with Crippen LogP contribution in [0.4, 0.5) is 0 Å². The number of methoxy groups -OCH3 is 1. The van der Waals surface area contributed by atoms with E-state index in [-0.39, 0.29) is 4.90 Å². The lowest BCUT2D eigenvalue weighted by Gasteiger charge is -2.15. The van der Waals surface area contributed by atoms with E-state index in [1.165, 1.54) is 19.2 Å². The number of unbranched alkanes of at least 4 members (excludes halogenated alkanes) is 1. The largest absolute Gasteiger partial charge is 0.496 e. The number of nitrogens with one attached hydrogen (secondary N) is 1. The fourth-order valence-electron chi connectivity index (χ4n) is 1.94. The third kappa shape index (κ3) is 5.13. The van der Waals surface area contributed by atoms with Crippen LogP contribution in [0.15, 0.2) is 23.1 Å². The first-order valence-corrected chi connectivity index (χ1v) is 8.57. The molecule has 113 valence electrons. The summed E-state index contributed by atoms with van der Waals surface area (Å²) >= 11 is 0. The van der Waals surface area contributed by atoms with E-state index in [0.29, 0.717) is 18.2 Å². The number of benzene rings is 1. The summed E-state index contributed by atoms with van der Waals surface area (Å²) in [6.45, 7) is 4.73. The third-order valence-electron chi connectivity index (χ3n) is 3.39. The molecule has 0 bridgehead atoms. The Balaban J connectivity index is 2.63. The lowest BCUT2D eigenvalue weighted by Crippen LogP contribution is -2.29. The maximum Gasteiger partial charge on any atom is 0.240 e. The zero-order valence-electron chi connectivity index (χ0n) is 12.5. The second kappa shape index (κ2) is 8.27. The molecule has 1 aromatic rings. The van der Waals surface area contributed by atoms with Gasteiger partial charge in [-0.05, 0) is 30.5 Å². The number of sulfonamides is 1. The molecule has 1 unspecified atom stereocenters. The highest BCUT2D eigenvalue weighted by Gasteiger charge is 2.16. The molecule has 5 heteroatoms. The van der Waals surface area contributed by atoms with Crippen molar-refractivity contribution in [2.45, 2.75) is 44.4 Å². The summed E-state index contributed by atoms with van der Waals surface area (Å²) in [5.41, 5.74) is 0. The van der Waals surface area contributed by atoms with Gasteiger partial charge in [0.15, 0.2) is 0 Å². The van der Waals surface area contributed by atoms with Gasteiger partial charge in [-0.2, -0.15) is 0 Å². The molecule has 1 rings (SSSR count). The standard InChI is InChI=1S/C15H24NO3S/c1-4-6-7-13(5-2)12-16-20(17,18)15-10-8-14(19-3)9-11-15/h8,10-11,13,16H,4-7,12H2,1-3H3. The molecule has 1 atom stereocenters. The van der Waals surface area contributed by atoms with Crippen LogP contribution < -0.4 is 9.46 Å². The van der Waals surface area contributed by atoms with E-state index in [4.69, 9.17) is 4.74 Å². The van der Waals surface area contributed by atoms with Crippen LogP contribution in [0.3, 0.4) is 0 Å². The van der Waals surface area contributed by atoms with Gasteiger partial charge in [-0.15, -0.1) is 0 Å². The second-order valence-electron chi connectivity index (χ2n) is 4.86. The highest BCUT2D eigenvalue weighted by Crippen LogP contribution is 2.16. The Morgan fingerprint density at radius 2 is 2.10 bits per heavy atom. The van der Waals surface area contributed by atoms with Crippen molar-refractivity contribution in [2.24, 2.45) is 5.92 Å². The van der Waals surface area contributed by atoms with Gasteiger partial charge in [-0.25, -0.2) is 13.1 Å². The van der Waals surface area contributed by atoms with Gasteiger partial charge in [-0.1, -0.05) is 33.1 Å². The zero-order valence-corrected chi connectivity index (χ0v) is 13.3. The van der Waals surface area contributed by atoms with E-state index in [2.05, 4.69) is 24.6 Å². The Kier molecular flexibility index (Phi) is 7.02. The molecular weight excluding hydrogens is 274 g/mol. The molecule has 0 spiro atoms. The minimum absolute atomic E-state index is 0.226. The summed E-state index contributed by atoms with van der Waals surface area (Å²) in [6, 6.07) is 7.36. The van der Waals surface area contributed by atoms with Crippen molar-refractivity contribution >= 4 is 10.0 Å². The highest BCUT2D eigenvalue weighted by atomic mass is 32.2. The van der Waals surface area contributed by atoms with E-state index in [0.717, 1.165) is 25.7 Å². The molecule has 1 radical (unpaired) electrons. The summed E-state index contributed by atoms with van der Waals surface area (Å²) in [7, 11) is -1.93. The van der Waals surface area contributed by atoms with Gasteiger partial charge < -0.3 is 4.74 Å². The maximum absolute atomic E-state index is 12.2. The van der Waals surface area contributed by atoms with Gasteiger partial charge in [0, 0.05) is 12.6 Å². The smallest absolute Gasteiger partial charge is 0.240 e. The van der Waals surface area contributed by atoms with E-state index < -0.39 is 10.0 Å². The van der Waals surface area contributed by atoms with Crippen molar-refractivity contribution in [3.63, 3.8) is 0 Å². The number of rotatable bonds is 9. The molecule has 0 aliphatic rings. The van der Waals surface area contributed by atoms with Crippen molar-refractivity contribution in [3.05, 3.63) is 24.3 Å². The van der Waals surface area contributed by atoms with E-state index >= 15 is 0 Å². The van der Waals surface area contributed by atoms with Gasteiger partial charge in [0.2, 0.25) is 10.0 Å². The zero-order chi connectivity index (χ0) is 15.0. The first-order valence-electron chi connectivity index (χ1n) is 7.08. The fraction of sp³-hybridized carbons (Fsp3) is 0.600.